The largest absolute Gasteiger partial charge is 0.325 e. The summed E-state index contributed by atoms with van der Waals surface area (Å²) in [5.41, 5.74) is 0. The molecule has 0 aromatic carbocycles. The third kappa shape index (κ3) is 2.48. The van der Waals surface area contributed by atoms with Crippen LogP contribution in [0.15, 0.2) is 0 Å². The maximum Gasteiger partial charge on any atom is 0.320 e. The van der Waals surface area contributed by atoms with Crippen LogP contribution in [0.4, 0.5) is 4.79 Å². The zero-order chi connectivity index (χ0) is 11.4. The third-order valence-corrected chi connectivity index (χ3v) is 3.69. The predicted molar refractivity (Wildman–Crippen MR) is 64.5 cm³/mol. The number of urea groups is 1. The summed E-state index contributed by atoms with van der Waals surface area (Å²) >= 11 is 0. The molecule has 2 fully saturated rings. The summed E-state index contributed by atoms with van der Waals surface area (Å²) in [6.45, 7) is 3.80. The number of likely N-dealkylation sites (N-methyl/N-ethyl adjacent to an activating group) is 1. The smallest absolute Gasteiger partial charge is 0.320 e. The SMILES string of the molecule is CNCC1CCCCN1C(=O)N1CCCC1. The lowest BCUT2D eigenvalue weighted by Gasteiger charge is -2.38. The Hall–Kier alpha value is -0.770. The van der Waals surface area contributed by atoms with Gasteiger partial charge in [0.05, 0.1) is 0 Å². The lowest BCUT2D eigenvalue weighted by molar-refractivity contribution is 0.122. The van der Waals surface area contributed by atoms with Crippen LogP contribution in [0.2, 0.25) is 0 Å². The Bertz CT molecular complexity index is 236. The van der Waals surface area contributed by atoms with Gasteiger partial charge in [0.2, 0.25) is 0 Å². The van der Waals surface area contributed by atoms with Crippen LogP contribution in [0.25, 0.3) is 0 Å². The second kappa shape index (κ2) is 5.53. The van der Waals surface area contributed by atoms with Crippen LogP contribution in [-0.2, 0) is 0 Å². The number of carbonyl (C=O) groups excluding carboxylic acids is 1. The lowest BCUT2D eigenvalue weighted by atomic mass is 10.0. The van der Waals surface area contributed by atoms with Gasteiger partial charge in [0.1, 0.15) is 0 Å². The van der Waals surface area contributed by atoms with E-state index in [9.17, 15) is 4.79 Å². The molecular weight excluding hydrogens is 202 g/mol. The molecule has 1 unspecified atom stereocenters. The van der Waals surface area contributed by atoms with Crippen LogP contribution in [-0.4, -0.2) is 55.1 Å². The molecule has 0 saturated carbocycles. The van der Waals surface area contributed by atoms with E-state index in [-0.39, 0.29) is 6.03 Å². The molecule has 16 heavy (non-hydrogen) atoms. The summed E-state index contributed by atoms with van der Waals surface area (Å²) < 4.78 is 0. The van der Waals surface area contributed by atoms with E-state index in [1.54, 1.807) is 0 Å². The van der Waals surface area contributed by atoms with E-state index >= 15 is 0 Å². The van der Waals surface area contributed by atoms with Crippen LogP contribution in [0.5, 0.6) is 0 Å². The first-order valence-corrected chi connectivity index (χ1v) is 6.53. The topological polar surface area (TPSA) is 35.6 Å². The van der Waals surface area contributed by atoms with E-state index in [1.165, 1.54) is 25.7 Å². The highest BCUT2D eigenvalue weighted by atomic mass is 16.2. The maximum absolute atomic E-state index is 12.3. The van der Waals surface area contributed by atoms with E-state index in [2.05, 4.69) is 10.2 Å². The number of amides is 2. The van der Waals surface area contributed by atoms with Crippen LogP contribution in [0, 0.1) is 0 Å². The molecule has 92 valence electrons. The van der Waals surface area contributed by atoms with Gasteiger partial charge in [-0.15, -0.1) is 0 Å². The van der Waals surface area contributed by atoms with Gasteiger partial charge in [0.25, 0.3) is 0 Å². The molecular formula is C12H23N3O. The van der Waals surface area contributed by atoms with Crippen LogP contribution in [0.3, 0.4) is 0 Å². The number of piperidine rings is 1. The van der Waals surface area contributed by atoms with E-state index in [1.807, 2.05) is 11.9 Å². The fourth-order valence-electron chi connectivity index (χ4n) is 2.79. The second-order valence-electron chi connectivity index (χ2n) is 4.88. The zero-order valence-corrected chi connectivity index (χ0v) is 10.2. The first kappa shape index (κ1) is 11.7. The first-order valence-electron chi connectivity index (χ1n) is 6.53. The quantitative estimate of drug-likeness (QED) is 0.768. The molecule has 2 rings (SSSR count). The third-order valence-electron chi connectivity index (χ3n) is 3.69. The molecule has 0 bridgehead atoms. The number of nitrogens with zero attached hydrogens (tertiary/aromatic N) is 2. The highest BCUT2D eigenvalue weighted by Crippen LogP contribution is 2.20. The van der Waals surface area contributed by atoms with Gasteiger partial charge in [-0.1, -0.05) is 0 Å². The summed E-state index contributed by atoms with van der Waals surface area (Å²) in [6.07, 6.45) is 5.93. The van der Waals surface area contributed by atoms with Crippen molar-refractivity contribution in [1.82, 2.24) is 15.1 Å². The summed E-state index contributed by atoms with van der Waals surface area (Å²) in [5, 5.41) is 3.20. The Morgan fingerprint density at radius 2 is 1.88 bits per heavy atom. The highest BCUT2D eigenvalue weighted by molar-refractivity contribution is 5.75. The van der Waals surface area contributed by atoms with Crippen LogP contribution in [0.1, 0.15) is 32.1 Å². The molecule has 0 aromatic heterocycles. The molecule has 0 radical (unpaired) electrons. The molecule has 2 saturated heterocycles. The van der Waals surface area contributed by atoms with Crippen molar-refractivity contribution in [2.24, 2.45) is 0 Å². The zero-order valence-electron chi connectivity index (χ0n) is 10.2. The van der Waals surface area contributed by atoms with Crippen LogP contribution >= 0.6 is 0 Å². The van der Waals surface area contributed by atoms with E-state index in [0.29, 0.717) is 6.04 Å². The molecule has 0 aliphatic carbocycles. The molecule has 4 heteroatoms. The van der Waals surface area contributed by atoms with Gasteiger partial charge in [-0.25, -0.2) is 4.79 Å². The van der Waals surface area contributed by atoms with Gasteiger partial charge < -0.3 is 15.1 Å². The van der Waals surface area contributed by atoms with Gasteiger partial charge >= 0.3 is 6.03 Å². The van der Waals surface area contributed by atoms with Crippen molar-refractivity contribution in [2.75, 3.05) is 33.2 Å². The highest BCUT2D eigenvalue weighted by Gasteiger charge is 2.30. The van der Waals surface area contributed by atoms with E-state index in [0.717, 1.165) is 32.6 Å². The van der Waals surface area contributed by atoms with Crippen LogP contribution < -0.4 is 5.32 Å². The van der Waals surface area contributed by atoms with Gasteiger partial charge in [-0.05, 0) is 39.2 Å². The second-order valence-corrected chi connectivity index (χ2v) is 4.88. The summed E-state index contributed by atoms with van der Waals surface area (Å²) in [5.74, 6) is 0. The fourth-order valence-corrected chi connectivity index (χ4v) is 2.79. The minimum atomic E-state index is 0.275. The molecule has 1 N–H and O–H groups in total. The Kier molecular flexibility index (Phi) is 4.04. The molecule has 2 aliphatic rings. The van der Waals surface area contributed by atoms with Crippen molar-refractivity contribution in [1.29, 1.82) is 0 Å². The Labute approximate surface area is 98.0 Å². The Morgan fingerprint density at radius 3 is 2.56 bits per heavy atom. The van der Waals surface area contributed by atoms with Gasteiger partial charge in [-0.2, -0.15) is 0 Å². The minimum Gasteiger partial charge on any atom is -0.325 e. The molecule has 2 heterocycles. The van der Waals surface area contributed by atoms with Crippen molar-refractivity contribution in [3.63, 3.8) is 0 Å². The fraction of sp³-hybridized carbons (Fsp3) is 0.917. The minimum absolute atomic E-state index is 0.275. The maximum atomic E-state index is 12.3. The average molecular weight is 225 g/mol. The molecule has 2 amide bonds. The molecule has 4 nitrogen and oxygen atoms in total. The van der Waals surface area contributed by atoms with Crippen molar-refractivity contribution in [3.05, 3.63) is 0 Å². The lowest BCUT2D eigenvalue weighted by Crippen LogP contribution is -2.52. The number of nitrogens with one attached hydrogen (secondary N) is 1. The Balaban J connectivity index is 1.95. The summed E-state index contributed by atoms with van der Waals surface area (Å²) in [4.78, 5) is 16.4. The summed E-state index contributed by atoms with van der Waals surface area (Å²) in [7, 11) is 1.97. The van der Waals surface area contributed by atoms with Crippen molar-refractivity contribution < 1.29 is 4.79 Å². The molecule has 0 spiro atoms. The average Bonchev–Trinajstić information content (AvgIpc) is 2.83. The predicted octanol–water partition coefficient (Wildman–Crippen LogP) is 1.28. The number of hydrogen-bond acceptors (Lipinski definition) is 2. The molecule has 1 atom stereocenters. The number of hydrogen-bond donors (Lipinski definition) is 1. The van der Waals surface area contributed by atoms with Gasteiger partial charge in [0, 0.05) is 32.2 Å². The van der Waals surface area contributed by atoms with Crippen molar-refractivity contribution in [3.8, 4) is 0 Å². The van der Waals surface area contributed by atoms with Gasteiger partial charge in [0.15, 0.2) is 0 Å². The standard InChI is InChI=1S/C12H23N3O/c1-13-10-11-6-2-3-9-15(11)12(16)14-7-4-5-8-14/h11,13H,2-10H2,1H3. The van der Waals surface area contributed by atoms with Crippen molar-refractivity contribution in [2.45, 2.75) is 38.1 Å². The number of carbonyl (C=O) groups is 1. The van der Waals surface area contributed by atoms with E-state index < -0.39 is 0 Å². The molecule has 0 aromatic rings. The van der Waals surface area contributed by atoms with E-state index in [4.69, 9.17) is 0 Å². The first-order chi connectivity index (χ1) is 7.83. The van der Waals surface area contributed by atoms with Crippen molar-refractivity contribution >= 4 is 6.03 Å². The Morgan fingerprint density at radius 1 is 1.19 bits per heavy atom. The number of rotatable bonds is 2. The monoisotopic (exact) mass is 225 g/mol. The molecule has 2 aliphatic heterocycles. The summed E-state index contributed by atoms with van der Waals surface area (Å²) in [6, 6.07) is 0.685. The van der Waals surface area contributed by atoms with Gasteiger partial charge in [-0.3, -0.25) is 0 Å². The number of likely N-dealkylation sites (tertiary alicyclic amines) is 2. The normalized spacial score (nSPS) is 26.2.